The summed E-state index contributed by atoms with van der Waals surface area (Å²) in [6, 6.07) is 0.486. The van der Waals surface area contributed by atoms with Crippen LogP contribution in [-0.2, 0) is 22.4 Å². The molecule has 28 heavy (non-hydrogen) atoms. The summed E-state index contributed by atoms with van der Waals surface area (Å²) >= 11 is 0. The van der Waals surface area contributed by atoms with Gasteiger partial charge in [-0.1, -0.05) is 0 Å². The Labute approximate surface area is 158 Å². The van der Waals surface area contributed by atoms with Gasteiger partial charge in [0.1, 0.15) is 0 Å². The molecule has 4 aliphatic rings. The van der Waals surface area contributed by atoms with Crippen molar-refractivity contribution in [3.05, 3.63) is 29.3 Å². The molecule has 0 heterocycles. The minimum absolute atomic E-state index is 0.0657. The van der Waals surface area contributed by atoms with Gasteiger partial charge in [-0.25, -0.2) is 13.1 Å². The molecule has 4 saturated carbocycles. The van der Waals surface area contributed by atoms with Crippen molar-refractivity contribution < 1.29 is 34.8 Å². The van der Waals surface area contributed by atoms with Gasteiger partial charge in [-0.15, -0.1) is 0 Å². The van der Waals surface area contributed by atoms with Crippen molar-refractivity contribution in [2.24, 2.45) is 17.8 Å². The third kappa shape index (κ3) is 3.65. The van der Waals surface area contributed by atoms with Gasteiger partial charge in [0.2, 0.25) is 10.0 Å². The van der Waals surface area contributed by atoms with Gasteiger partial charge in [-0.2, -0.15) is 26.3 Å². The normalized spacial score (nSPS) is 32.7. The van der Waals surface area contributed by atoms with Crippen LogP contribution in [0.2, 0.25) is 0 Å². The van der Waals surface area contributed by atoms with E-state index in [0.29, 0.717) is 37.0 Å². The fraction of sp³-hybridized carbons (Fsp3) is 0.667. The Morgan fingerprint density at radius 3 is 1.54 bits per heavy atom. The summed E-state index contributed by atoms with van der Waals surface area (Å²) in [7, 11) is -4.54. The number of alkyl halides is 6. The van der Waals surface area contributed by atoms with Crippen molar-refractivity contribution >= 4 is 10.0 Å². The number of benzene rings is 1. The van der Waals surface area contributed by atoms with Gasteiger partial charge in [-0.05, 0) is 74.5 Å². The summed E-state index contributed by atoms with van der Waals surface area (Å²) in [6.07, 6.45) is -5.37. The van der Waals surface area contributed by atoms with Gasteiger partial charge >= 0.3 is 12.4 Å². The lowest BCUT2D eigenvalue weighted by atomic mass is 9.53. The van der Waals surface area contributed by atoms with E-state index in [1.807, 2.05) is 0 Å². The smallest absolute Gasteiger partial charge is 0.207 e. The van der Waals surface area contributed by atoms with Crippen LogP contribution in [0.25, 0.3) is 0 Å². The predicted octanol–water partition coefficient (Wildman–Crippen LogP) is 4.97. The van der Waals surface area contributed by atoms with Crippen LogP contribution in [0.15, 0.2) is 23.1 Å². The van der Waals surface area contributed by atoms with Crippen molar-refractivity contribution in [2.45, 2.75) is 61.3 Å². The largest absolute Gasteiger partial charge is 0.416 e. The minimum atomic E-state index is -5.09. The maximum Gasteiger partial charge on any atom is 0.416 e. The van der Waals surface area contributed by atoms with E-state index in [2.05, 4.69) is 4.72 Å². The zero-order valence-electron chi connectivity index (χ0n) is 14.7. The number of hydrogen-bond acceptors (Lipinski definition) is 2. The summed E-state index contributed by atoms with van der Waals surface area (Å²) < 4.78 is 107. The zero-order valence-corrected chi connectivity index (χ0v) is 15.5. The first-order valence-electron chi connectivity index (χ1n) is 9.09. The van der Waals surface area contributed by atoms with E-state index in [4.69, 9.17) is 0 Å². The van der Waals surface area contributed by atoms with E-state index >= 15 is 0 Å². The molecule has 10 heteroatoms. The van der Waals surface area contributed by atoms with E-state index in [1.54, 1.807) is 0 Å². The molecule has 156 valence electrons. The third-order valence-electron chi connectivity index (χ3n) is 6.26. The molecule has 4 aliphatic carbocycles. The van der Waals surface area contributed by atoms with Crippen molar-refractivity contribution in [1.82, 2.24) is 4.72 Å². The average molecular weight is 427 g/mol. The molecule has 0 saturated heterocycles. The number of rotatable bonds is 3. The molecule has 0 radical (unpaired) electrons. The van der Waals surface area contributed by atoms with Crippen LogP contribution in [-0.4, -0.2) is 14.0 Å². The SMILES string of the molecule is O=S(=O)(NC12CC3CC(CC(C3)C1)C2)c1cc(C(F)(F)F)cc(C(F)(F)F)c1. The quantitative estimate of drug-likeness (QED) is 0.693. The lowest BCUT2D eigenvalue weighted by Crippen LogP contribution is -2.59. The van der Waals surface area contributed by atoms with Crippen LogP contribution in [0.5, 0.6) is 0 Å². The lowest BCUT2D eigenvalue weighted by molar-refractivity contribution is -0.143. The molecule has 0 atom stereocenters. The lowest BCUT2D eigenvalue weighted by Gasteiger charge is -2.56. The van der Waals surface area contributed by atoms with Gasteiger partial charge < -0.3 is 0 Å². The second kappa shape index (κ2) is 6.10. The predicted molar refractivity (Wildman–Crippen MR) is 87.7 cm³/mol. The van der Waals surface area contributed by atoms with Gasteiger partial charge in [-0.3, -0.25) is 0 Å². The molecule has 0 amide bonds. The van der Waals surface area contributed by atoms with Gasteiger partial charge in [0.25, 0.3) is 0 Å². The van der Waals surface area contributed by atoms with Crippen LogP contribution in [0.4, 0.5) is 26.3 Å². The van der Waals surface area contributed by atoms with E-state index in [1.165, 1.54) is 0 Å². The highest BCUT2D eigenvalue weighted by atomic mass is 32.2. The molecule has 0 aromatic heterocycles. The molecule has 0 spiro atoms. The summed E-state index contributed by atoms with van der Waals surface area (Å²) in [5.41, 5.74) is -4.03. The van der Waals surface area contributed by atoms with E-state index < -0.39 is 43.9 Å². The highest BCUT2D eigenvalue weighted by Crippen LogP contribution is 2.56. The average Bonchev–Trinajstić information content (AvgIpc) is 2.50. The highest BCUT2D eigenvalue weighted by Gasteiger charge is 2.52. The van der Waals surface area contributed by atoms with E-state index in [9.17, 15) is 34.8 Å². The van der Waals surface area contributed by atoms with Crippen LogP contribution < -0.4 is 4.72 Å². The minimum Gasteiger partial charge on any atom is -0.207 e. The van der Waals surface area contributed by atoms with Crippen LogP contribution in [0, 0.1) is 17.8 Å². The Balaban J connectivity index is 1.71. The maximum atomic E-state index is 13.1. The first-order valence-corrected chi connectivity index (χ1v) is 10.6. The fourth-order valence-corrected chi connectivity index (χ4v) is 7.16. The first-order chi connectivity index (χ1) is 12.8. The van der Waals surface area contributed by atoms with Gasteiger partial charge in [0.15, 0.2) is 0 Å². The molecular formula is C18H19F6NO2S. The standard InChI is InChI=1S/C18H19F6NO2S/c19-17(20,21)13-4-14(18(22,23)24)6-15(5-13)28(26,27)25-16-7-10-1-11(8-16)3-12(2-10)9-16/h4-6,10-12,25H,1-3,7-9H2. The Morgan fingerprint density at radius 1 is 0.786 bits per heavy atom. The third-order valence-corrected chi connectivity index (χ3v) is 7.82. The van der Waals surface area contributed by atoms with Gasteiger partial charge in [0.05, 0.1) is 16.0 Å². The molecule has 5 rings (SSSR count). The summed E-state index contributed by atoms with van der Waals surface area (Å²) in [6.45, 7) is 0. The van der Waals surface area contributed by atoms with Crippen LogP contribution in [0.3, 0.4) is 0 Å². The number of nitrogens with one attached hydrogen (secondary N) is 1. The Hall–Kier alpha value is -1.29. The van der Waals surface area contributed by atoms with Crippen molar-refractivity contribution in [2.75, 3.05) is 0 Å². The highest BCUT2D eigenvalue weighted by molar-refractivity contribution is 7.89. The molecule has 3 nitrogen and oxygen atoms in total. The van der Waals surface area contributed by atoms with Crippen LogP contribution in [0.1, 0.15) is 49.7 Å². The van der Waals surface area contributed by atoms with Gasteiger partial charge in [0, 0.05) is 5.54 Å². The molecule has 0 aliphatic heterocycles. The summed E-state index contributed by atoms with van der Waals surface area (Å²) in [5, 5.41) is 0. The number of sulfonamides is 1. The Morgan fingerprint density at radius 2 is 1.18 bits per heavy atom. The number of halogens is 6. The second-order valence-electron chi connectivity index (χ2n) is 8.54. The van der Waals surface area contributed by atoms with Crippen LogP contribution >= 0.6 is 0 Å². The first kappa shape index (κ1) is 20.0. The molecular weight excluding hydrogens is 408 g/mol. The van der Waals surface area contributed by atoms with Crippen molar-refractivity contribution in [1.29, 1.82) is 0 Å². The van der Waals surface area contributed by atoms with E-state index in [0.717, 1.165) is 19.3 Å². The summed E-state index contributed by atoms with van der Waals surface area (Å²) in [4.78, 5) is -0.995. The number of hydrogen-bond donors (Lipinski definition) is 1. The van der Waals surface area contributed by atoms with Crippen molar-refractivity contribution in [3.63, 3.8) is 0 Å². The van der Waals surface area contributed by atoms with Crippen molar-refractivity contribution in [3.8, 4) is 0 Å². The Bertz CT molecular complexity index is 823. The molecule has 1 aromatic rings. The topological polar surface area (TPSA) is 46.2 Å². The molecule has 4 fully saturated rings. The van der Waals surface area contributed by atoms with E-state index in [-0.39, 0.29) is 18.2 Å². The summed E-state index contributed by atoms with van der Waals surface area (Å²) in [5.74, 6) is 1.09. The Kier molecular flexibility index (Phi) is 4.36. The molecule has 4 bridgehead atoms. The monoisotopic (exact) mass is 427 g/mol. The fourth-order valence-electron chi connectivity index (χ4n) is 5.66. The molecule has 0 unspecified atom stereocenters. The molecule has 1 N–H and O–H groups in total. The zero-order chi connectivity index (χ0) is 20.5. The maximum absolute atomic E-state index is 13.1. The molecule has 1 aromatic carbocycles. The second-order valence-corrected chi connectivity index (χ2v) is 10.2.